The molecule has 0 spiro atoms. The van der Waals surface area contributed by atoms with Crippen molar-refractivity contribution in [2.24, 2.45) is 0 Å². The van der Waals surface area contributed by atoms with Gasteiger partial charge in [-0.25, -0.2) is 0 Å². The Morgan fingerprint density at radius 3 is 2.24 bits per heavy atom. The van der Waals surface area contributed by atoms with E-state index in [-0.39, 0.29) is 0 Å². The molecule has 0 aliphatic rings. The van der Waals surface area contributed by atoms with Crippen molar-refractivity contribution in [3.8, 4) is 11.5 Å². The summed E-state index contributed by atoms with van der Waals surface area (Å²) in [5.41, 5.74) is 13.4. The molecule has 0 fully saturated rings. The standard InChI is InChI=1S/C13H13ClN2O/c1-8-2-4-9(5-3-8)17-13-7-12(16)11(15)6-10(13)14/h2-7H,15-16H2,1H3. The van der Waals surface area contributed by atoms with Crippen LogP contribution in [-0.2, 0) is 0 Å². The van der Waals surface area contributed by atoms with Crippen LogP contribution in [0.4, 0.5) is 11.4 Å². The van der Waals surface area contributed by atoms with Crippen LogP contribution in [0.25, 0.3) is 0 Å². The summed E-state index contributed by atoms with van der Waals surface area (Å²) in [7, 11) is 0. The van der Waals surface area contributed by atoms with Crippen molar-refractivity contribution in [3.63, 3.8) is 0 Å². The van der Waals surface area contributed by atoms with Crippen LogP contribution in [0.2, 0.25) is 5.02 Å². The maximum Gasteiger partial charge on any atom is 0.148 e. The number of hydrogen-bond donors (Lipinski definition) is 2. The second-order valence-corrected chi connectivity index (χ2v) is 4.23. The summed E-state index contributed by atoms with van der Waals surface area (Å²) in [5.74, 6) is 1.21. The highest BCUT2D eigenvalue weighted by Crippen LogP contribution is 2.34. The first-order chi connectivity index (χ1) is 8.06. The van der Waals surface area contributed by atoms with E-state index in [2.05, 4.69) is 0 Å². The molecule has 0 atom stereocenters. The molecule has 0 amide bonds. The maximum atomic E-state index is 6.02. The number of nitrogen functional groups attached to an aromatic ring is 2. The Morgan fingerprint density at radius 1 is 1.00 bits per heavy atom. The summed E-state index contributed by atoms with van der Waals surface area (Å²) in [6.07, 6.45) is 0. The Kier molecular flexibility index (Phi) is 3.11. The zero-order valence-corrected chi connectivity index (χ0v) is 10.2. The molecule has 0 heterocycles. The molecule has 0 aliphatic carbocycles. The van der Waals surface area contributed by atoms with E-state index >= 15 is 0 Å². The Hall–Kier alpha value is -1.87. The van der Waals surface area contributed by atoms with Crippen molar-refractivity contribution in [2.75, 3.05) is 11.5 Å². The van der Waals surface area contributed by atoms with Crippen LogP contribution in [0.1, 0.15) is 5.56 Å². The molecule has 0 saturated carbocycles. The molecule has 0 bridgehead atoms. The average molecular weight is 249 g/mol. The van der Waals surface area contributed by atoms with Crippen LogP contribution in [-0.4, -0.2) is 0 Å². The minimum absolute atomic E-state index is 0.442. The van der Waals surface area contributed by atoms with Gasteiger partial charge in [0.1, 0.15) is 11.5 Å². The Labute approximate surface area is 105 Å². The van der Waals surface area contributed by atoms with Gasteiger partial charge in [-0.15, -0.1) is 0 Å². The summed E-state index contributed by atoms with van der Waals surface area (Å²) in [4.78, 5) is 0. The molecule has 2 aromatic rings. The smallest absolute Gasteiger partial charge is 0.148 e. The van der Waals surface area contributed by atoms with E-state index < -0.39 is 0 Å². The van der Waals surface area contributed by atoms with Gasteiger partial charge in [-0.05, 0) is 25.1 Å². The predicted molar refractivity (Wildman–Crippen MR) is 71.5 cm³/mol. The fraction of sp³-hybridized carbons (Fsp3) is 0.0769. The van der Waals surface area contributed by atoms with E-state index in [1.54, 1.807) is 12.1 Å². The summed E-state index contributed by atoms with van der Waals surface area (Å²) >= 11 is 6.02. The third-order valence-electron chi connectivity index (χ3n) is 2.39. The van der Waals surface area contributed by atoms with Gasteiger partial charge < -0.3 is 16.2 Å². The Morgan fingerprint density at radius 2 is 1.59 bits per heavy atom. The zero-order chi connectivity index (χ0) is 12.4. The molecule has 3 nitrogen and oxygen atoms in total. The van der Waals surface area contributed by atoms with E-state index in [4.69, 9.17) is 27.8 Å². The van der Waals surface area contributed by atoms with Crippen molar-refractivity contribution in [1.82, 2.24) is 0 Å². The lowest BCUT2D eigenvalue weighted by Crippen LogP contribution is -1.95. The SMILES string of the molecule is Cc1ccc(Oc2cc(N)c(N)cc2Cl)cc1. The van der Waals surface area contributed by atoms with Crippen molar-refractivity contribution < 1.29 is 4.74 Å². The summed E-state index contributed by atoms with van der Waals surface area (Å²) in [6, 6.07) is 10.9. The Bertz CT molecular complexity index is 538. The fourth-order valence-electron chi connectivity index (χ4n) is 1.40. The molecule has 2 aromatic carbocycles. The molecule has 0 saturated heterocycles. The Balaban J connectivity index is 2.30. The van der Waals surface area contributed by atoms with Crippen LogP contribution in [0.15, 0.2) is 36.4 Å². The molecule has 2 rings (SSSR count). The van der Waals surface area contributed by atoms with Crippen LogP contribution >= 0.6 is 11.6 Å². The van der Waals surface area contributed by atoms with Crippen molar-refractivity contribution in [3.05, 3.63) is 47.0 Å². The highest BCUT2D eigenvalue weighted by atomic mass is 35.5. The molecule has 4 N–H and O–H groups in total. The molecule has 88 valence electrons. The van der Waals surface area contributed by atoms with Gasteiger partial charge >= 0.3 is 0 Å². The number of rotatable bonds is 2. The van der Waals surface area contributed by atoms with E-state index in [1.165, 1.54) is 5.56 Å². The van der Waals surface area contributed by atoms with E-state index in [0.717, 1.165) is 0 Å². The van der Waals surface area contributed by atoms with Gasteiger partial charge in [0.25, 0.3) is 0 Å². The first kappa shape index (κ1) is 11.6. The minimum Gasteiger partial charge on any atom is -0.456 e. The minimum atomic E-state index is 0.442. The van der Waals surface area contributed by atoms with E-state index in [9.17, 15) is 0 Å². The average Bonchev–Trinajstić information content (AvgIpc) is 2.29. The lowest BCUT2D eigenvalue weighted by Gasteiger charge is -2.10. The normalized spacial score (nSPS) is 10.2. The molecular weight excluding hydrogens is 236 g/mol. The van der Waals surface area contributed by atoms with Gasteiger partial charge in [-0.3, -0.25) is 0 Å². The zero-order valence-electron chi connectivity index (χ0n) is 9.41. The molecule has 0 unspecified atom stereocenters. The molecule has 0 aliphatic heterocycles. The van der Waals surface area contributed by atoms with Gasteiger partial charge in [-0.2, -0.15) is 0 Å². The number of hydrogen-bond acceptors (Lipinski definition) is 3. The predicted octanol–water partition coefficient (Wildman–Crippen LogP) is 3.61. The highest BCUT2D eigenvalue weighted by Gasteiger charge is 2.06. The molecule has 0 aromatic heterocycles. The van der Waals surface area contributed by atoms with E-state index in [0.29, 0.717) is 27.9 Å². The van der Waals surface area contributed by atoms with Gasteiger partial charge in [0.05, 0.1) is 16.4 Å². The number of ether oxygens (including phenoxy) is 1. The van der Waals surface area contributed by atoms with E-state index in [1.807, 2.05) is 31.2 Å². The first-order valence-corrected chi connectivity index (χ1v) is 5.53. The van der Waals surface area contributed by atoms with Crippen molar-refractivity contribution >= 4 is 23.0 Å². The summed E-state index contributed by atoms with van der Waals surface area (Å²) in [5, 5.41) is 0.442. The largest absolute Gasteiger partial charge is 0.456 e. The fourth-order valence-corrected chi connectivity index (χ4v) is 1.61. The maximum absolute atomic E-state index is 6.02. The quantitative estimate of drug-likeness (QED) is 0.798. The summed E-state index contributed by atoms with van der Waals surface area (Å²) < 4.78 is 5.63. The number of anilines is 2. The van der Waals surface area contributed by atoms with Crippen LogP contribution in [0, 0.1) is 6.92 Å². The lowest BCUT2D eigenvalue weighted by atomic mass is 10.2. The van der Waals surface area contributed by atoms with Crippen molar-refractivity contribution in [2.45, 2.75) is 6.92 Å². The topological polar surface area (TPSA) is 61.3 Å². The van der Waals surface area contributed by atoms with Gasteiger partial charge in [0.15, 0.2) is 0 Å². The van der Waals surface area contributed by atoms with Crippen LogP contribution < -0.4 is 16.2 Å². The lowest BCUT2D eigenvalue weighted by molar-refractivity contribution is 0.483. The molecule has 0 radical (unpaired) electrons. The third-order valence-corrected chi connectivity index (χ3v) is 2.68. The second kappa shape index (κ2) is 4.55. The number of nitrogens with two attached hydrogens (primary N) is 2. The monoisotopic (exact) mass is 248 g/mol. The third kappa shape index (κ3) is 2.63. The first-order valence-electron chi connectivity index (χ1n) is 5.15. The van der Waals surface area contributed by atoms with Crippen LogP contribution in [0.5, 0.6) is 11.5 Å². The number of aryl methyl sites for hydroxylation is 1. The highest BCUT2D eigenvalue weighted by molar-refractivity contribution is 6.32. The second-order valence-electron chi connectivity index (χ2n) is 3.83. The number of halogens is 1. The van der Waals surface area contributed by atoms with Gasteiger partial charge in [0, 0.05) is 6.07 Å². The molecule has 4 heteroatoms. The van der Waals surface area contributed by atoms with Crippen molar-refractivity contribution in [1.29, 1.82) is 0 Å². The molecule has 17 heavy (non-hydrogen) atoms. The van der Waals surface area contributed by atoms with Gasteiger partial charge in [-0.1, -0.05) is 29.3 Å². The van der Waals surface area contributed by atoms with Crippen LogP contribution in [0.3, 0.4) is 0 Å². The molecular formula is C13H13ClN2O. The summed E-state index contributed by atoms with van der Waals surface area (Å²) in [6.45, 7) is 2.01. The van der Waals surface area contributed by atoms with Gasteiger partial charge in [0.2, 0.25) is 0 Å². The number of benzene rings is 2.